The van der Waals surface area contributed by atoms with E-state index in [1.165, 1.54) is 0 Å². The highest BCUT2D eigenvalue weighted by atomic mass is 16.6. The van der Waals surface area contributed by atoms with Gasteiger partial charge < -0.3 is 0 Å². The van der Waals surface area contributed by atoms with Crippen molar-refractivity contribution in [3.63, 3.8) is 0 Å². The van der Waals surface area contributed by atoms with Gasteiger partial charge in [-0.15, -0.1) is 0 Å². The van der Waals surface area contributed by atoms with Gasteiger partial charge in [-0.3, -0.25) is 10.1 Å². The fourth-order valence-corrected chi connectivity index (χ4v) is 2.14. The number of allylic oxidation sites excluding steroid dienone is 1. The smallest absolute Gasteiger partial charge is 0.219 e. The van der Waals surface area contributed by atoms with Crippen molar-refractivity contribution < 1.29 is 4.92 Å². The molecule has 0 amide bonds. The molecule has 11 heavy (non-hydrogen) atoms. The quantitative estimate of drug-likeness (QED) is 0.326. The Labute approximate surface area is 65.2 Å². The Balaban J connectivity index is 2.17. The highest BCUT2D eigenvalue weighted by Gasteiger charge is 2.39. The van der Waals surface area contributed by atoms with E-state index in [4.69, 9.17) is 0 Å². The minimum Gasteiger partial charge on any atom is -0.264 e. The van der Waals surface area contributed by atoms with Crippen LogP contribution in [0.1, 0.15) is 19.3 Å². The first kappa shape index (κ1) is 6.83. The van der Waals surface area contributed by atoms with Gasteiger partial charge in [0.05, 0.1) is 0 Å². The maximum atomic E-state index is 10.5. The normalized spacial score (nSPS) is 40.9. The molecule has 0 spiro atoms. The van der Waals surface area contributed by atoms with Crippen LogP contribution in [0, 0.1) is 22.0 Å². The predicted molar refractivity (Wildman–Crippen MR) is 40.8 cm³/mol. The number of fused-ring (bicyclic) bond motifs is 2. The van der Waals surface area contributed by atoms with E-state index in [9.17, 15) is 10.1 Å². The number of hydrogen-bond acceptors (Lipinski definition) is 2. The van der Waals surface area contributed by atoms with Gasteiger partial charge in [0.15, 0.2) is 0 Å². The Kier molecular flexibility index (Phi) is 1.44. The third-order valence-corrected chi connectivity index (χ3v) is 2.81. The highest BCUT2D eigenvalue weighted by molar-refractivity contribution is 5.06. The van der Waals surface area contributed by atoms with E-state index >= 15 is 0 Å². The zero-order valence-electron chi connectivity index (χ0n) is 6.27. The zero-order valence-corrected chi connectivity index (χ0v) is 6.27. The first-order valence-corrected chi connectivity index (χ1v) is 4.09. The van der Waals surface area contributed by atoms with Crippen molar-refractivity contribution in [1.82, 2.24) is 0 Å². The van der Waals surface area contributed by atoms with Gasteiger partial charge in [-0.1, -0.05) is 12.2 Å². The molecule has 0 saturated heterocycles. The molecular formula is C8H11NO2. The van der Waals surface area contributed by atoms with Crippen LogP contribution in [0.25, 0.3) is 0 Å². The summed E-state index contributed by atoms with van der Waals surface area (Å²) < 4.78 is 0. The van der Waals surface area contributed by atoms with Gasteiger partial charge in [-0.05, 0) is 18.8 Å². The van der Waals surface area contributed by atoms with E-state index < -0.39 is 0 Å². The van der Waals surface area contributed by atoms with Crippen molar-refractivity contribution >= 4 is 0 Å². The molecule has 0 unspecified atom stereocenters. The third-order valence-electron chi connectivity index (χ3n) is 2.81. The number of nitrogens with zero attached hydrogens (tertiary/aromatic N) is 1. The van der Waals surface area contributed by atoms with Crippen LogP contribution in [0.15, 0.2) is 12.2 Å². The predicted octanol–water partition coefficient (Wildman–Crippen LogP) is 1.62. The number of nitro groups is 1. The van der Waals surface area contributed by atoms with Crippen molar-refractivity contribution in [1.29, 1.82) is 0 Å². The first-order valence-electron chi connectivity index (χ1n) is 4.09. The van der Waals surface area contributed by atoms with E-state index in [1.54, 1.807) is 0 Å². The molecule has 0 aromatic rings. The van der Waals surface area contributed by atoms with Gasteiger partial charge in [-0.2, -0.15) is 0 Å². The maximum absolute atomic E-state index is 10.5. The molecule has 0 heterocycles. The molecule has 0 aliphatic heterocycles. The fraction of sp³-hybridized carbons (Fsp3) is 0.750. The molecule has 3 aliphatic rings. The van der Waals surface area contributed by atoms with Crippen molar-refractivity contribution in [3.8, 4) is 0 Å². The van der Waals surface area contributed by atoms with E-state index in [0.29, 0.717) is 5.92 Å². The Morgan fingerprint density at radius 2 is 2.18 bits per heavy atom. The molecule has 3 rings (SSSR count). The second kappa shape index (κ2) is 2.32. The molecule has 1 fully saturated rings. The molecule has 0 radical (unpaired) electrons. The lowest BCUT2D eigenvalue weighted by atomic mass is 9.73. The van der Waals surface area contributed by atoms with Crippen LogP contribution in [0.3, 0.4) is 0 Å². The monoisotopic (exact) mass is 153 g/mol. The second-order valence-electron chi connectivity index (χ2n) is 3.47. The summed E-state index contributed by atoms with van der Waals surface area (Å²) in [6.45, 7) is 0. The molecule has 0 aromatic carbocycles. The molecule has 0 N–H and O–H groups in total. The standard InChI is InChI=1S/C8H11NO2/c10-9(11)8-5-6-1-3-7(8)4-2-6/h1,3,6-8H,2,4-5H2/t6-,7+,8+/m1/s1. The maximum Gasteiger partial charge on any atom is 0.219 e. The third kappa shape index (κ3) is 1.04. The summed E-state index contributed by atoms with van der Waals surface area (Å²) in [6, 6.07) is -0.279. The van der Waals surface area contributed by atoms with Crippen LogP contribution in [0.5, 0.6) is 0 Å². The summed E-state index contributed by atoms with van der Waals surface area (Å²) in [5.41, 5.74) is 0. The van der Waals surface area contributed by atoms with Crippen LogP contribution in [0.2, 0.25) is 0 Å². The summed E-state index contributed by atoms with van der Waals surface area (Å²) in [4.78, 5) is 10.4. The van der Waals surface area contributed by atoms with E-state index in [-0.39, 0.29) is 16.9 Å². The summed E-state index contributed by atoms with van der Waals surface area (Å²) in [7, 11) is 0. The fourth-order valence-electron chi connectivity index (χ4n) is 2.14. The molecule has 3 nitrogen and oxygen atoms in total. The Morgan fingerprint density at radius 1 is 1.36 bits per heavy atom. The van der Waals surface area contributed by atoms with Crippen LogP contribution in [-0.2, 0) is 0 Å². The van der Waals surface area contributed by atoms with Gasteiger partial charge in [0.2, 0.25) is 6.04 Å². The summed E-state index contributed by atoms with van der Waals surface area (Å²) in [5.74, 6) is 0.727. The van der Waals surface area contributed by atoms with Crippen LogP contribution >= 0.6 is 0 Å². The SMILES string of the molecule is O=[N+]([O-])[C@H]1C[C@@H]2C=C[C@H]1CC2. The van der Waals surface area contributed by atoms with Crippen molar-refractivity contribution in [2.45, 2.75) is 25.3 Å². The molecule has 2 bridgehead atoms. The Hall–Kier alpha value is -0.860. The molecular weight excluding hydrogens is 142 g/mol. The molecule has 3 aliphatic carbocycles. The lowest BCUT2D eigenvalue weighted by Crippen LogP contribution is -2.37. The minimum absolute atomic E-state index is 0.111. The number of rotatable bonds is 1. The van der Waals surface area contributed by atoms with Crippen molar-refractivity contribution in [3.05, 3.63) is 22.3 Å². The average Bonchev–Trinajstić information content (AvgIpc) is 2.06. The van der Waals surface area contributed by atoms with Crippen LogP contribution in [-0.4, -0.2) is 11.0 Å². The van der Waals surface area contributed by atoms with E-state index in [1.807, 2.05) is 6.08 Å². The molecule has 0 aromatic heterocycles. The van der Waals surface area contributed by atoms with Gasteiger partial charge in [0.25, 0.3) is 0 Å². The van der Waals surface area contributed by atoms with Crippen molar-refractivity contribution in [2.24, 2.45) is 11.8 Å². The van der Waals surface area contributed by atoms with Gasteiger partial charge in [0.1, 0.15) is 0 Å². The average molecular weight is 153 g/mol. The lowest BCUT2D eigenvalue weighted by Gasteiger charge is -2.32. The minimum atomic E-state index is -0.279. The van der Waals surface area contributed by atoms with E-state index in [2.05, 4.69) is 6.08 Å². The molecule has 3 atom stereocenters. The largest absolute Gasteiger partial charge is 0.264 e. The lowest BCUT2D eigenvalue weighted by molar-refractivity contribution is -0.535. The second-order valence-corrected chi connectivity index (χ2v) is 3.47. The number of hydrogen-bond donors (Lipinski definition) is 0. The van der Waals surface area contributed by atoms with E-state index in [0.717, 1.165) is 19.3 Å². The summed E-state index contributed by atoms with van der Waals surface area (Å²) in [5, 5.41) is 10.5. The Bertz CT molecular complexity index is 212. The molecule has 3 heteroatoms. The van der Waals surface area contributed by atoms with Gasteiger partial charge in [0, 0.05) is 17.3 Å². The molecule has 60 valence electrons. The summed E-state index contributed by atoms with van der Waals surface area (Å²) >= 11 is 0. The van der Waals surface area contributed by atoms with Gasteiger partial charge >= 0.3 is 0 Å². The molecule has 1 saturated carbocycles. The van der Waals surface area contributed by atoms with Crippen LogP contribution < -0.4 is 0 Å². The van der Waals surface area contributed by atoms with Crippen molar-refractivity contribution in [2.75, 3.05) is 0 Å². The zero-order chi connectivity index (χ0) is 7.84. The summed E-state index contributed by atoms with van der Waals surface area (Å²) in [6.07, 6.45) is 7.13. The topological polar surface area (TPSA) is 43.1 Å². The van der Waals surface area contributed by atoms with Crippen LogP contribution in [0.4, 0.5) is 0 Å². The Morgan fingerprint density at radius 3 is 2.45 bits per heavy atom. The van der Waals surface area contributed by atoms with Gasteiger partial charge in [-0.25, -0.2) is 0 Å². The highest BCUT2D eigenvalue weighted by Crippen LogP contribution is 2.37. The first-order chi connectivity index (χ1) is 5.27.